The molecule has 12 heavy (non-hydrogen) atoms. The lowest BCUT2D eigenvalue weighted by Gasteiger charge is -2.32. The van der Waals surface area contributed by atoms with Crippen molar-refractivity contribution in [3.8, 4) is 0 Å². The Kier molecular flexibility index (Phi) is 3.09. The quantitative estimate of drug-likeness (QED) is 0.657. The summed E-state index contributed by atoms with van der Waals surface area (Å²) in [6.07, 6.45) is 2.90. The van der Waals surface area contributed by atoms with Gasteiger partial charge in [-0.1, -0.05) is 13.8 Å². The molecule has 1 heterocycles. The molecule has 0 aromatic rings. The fourth-order valence-corrected chi connectivity index (χ4v) is 1.86. The number of hydrogen-bond donors (Lipinski definition) is 2. The first-order valence-electron chi connectivity index (χ1n) is 4.62. The molecule has 3 nitrogen and oxygen atoms in total. The van der Waals surface area contributed by atoms with Crippen molar-refractivity contribution in [2.75, 3.05) is 0 Å². The third kappa shape index (κ3) is 2.21. The highest BCUT2D eigenvalue weighted by Crippen LogP contribution is 2.21. The summed E-state index contributed by atoms with van der Waals surface area (Å²) in [5.74, 6) is -0.169. The van der Waals surface area contributed by atoms with Crippen molar-refractivity contribution < 1.29 is 9.90 Å². The van der Waals surface area contributed by atoms with E-state index in [1.165, 1.54) is 0 Å². The molecular formula is C9H17NO2. The Bertz CT molecular complexity index is 170. The summed E-state index contributed by atoms with van der Waals surface area (Å²) in [7, 11) is 0. The summed E-state index contributed by atoms with van der Waals surface area (Å²) in [4.78, 5) is 10.7. The topological polar surface area (TPSA) is 49.3 Å². The van der Waals surface area contributed by atoms with E-state index in [0.29, 0.717) is 12.0 Å². The van der Waals surface area contributed by atoms with Crippen LogP contribution < -0.4 is 5.32 Å². The van der Waals surface area contributed by atoms with Gasteiger partial charge in [-0.2, -0.15) is 0 Å². The molecular weight excluding hydrogens is 154 g/mol. The van der Waals surface area contributed by atoms with Gasteiger partial charge in [-0.15, -0.1) is 0 Å². The van der Waals surface area contributed by atoms with Crippen LogP contribution in [0.4, 0.5) is 0 Å². The molecule has 3 heteroatoms. The van der Waals surface area contributed by atoms with Gasteiger partial charge in [0.15, 0.2) is 0 Å². The van der Waals surface area contributed by atoms with E-state index in [4.69, 9.17) is 5.11 Å². The SMILES string of the molecule is CC[C@@H]1C[C@@H](C)C[C@@H](C(=O)O)N1. The molecule has 1 aliphatic rings. The molecule has 1 fully saturated rings. The average molecular weight is 171 g/mol. The van der Waals surface area contributed by atoms with Gasteiger partial charge in [0.1, 0.15) is 6.04 Å². The van der Waals surface area contributed by atoms with E-state index >= 15 is 0 Å². The summed E-state index contributed by atoms with van der Waals surface area (Å²) in [6.45, 7) is 4.22. The van der Waals surface area contributed by atoms with E-state index < -0.39 is 5.97 Å². The van der Waals surface area contributed by atoms with Gasteiger partial charge >= 0.3 is 5.97 Å². The van der Waals surface area contributed by atoms with Gasteiger partial charge in [0.2, 0.25) is 0 Å². The number of rotatable bonds is 2. The molecule has 0 spiro atoms. The summed E-state index contributed by atoms with van der Waals surface area (Å²) in [5, 5.41) is 11.9. The minimum Gasteiger partial charge on any atom is -0.480 e. The first-order chi connectivity index (χ1) is 5.63. The zero-order chi connectivity index (χ0) is 9.14. The first-order valence-corrected chi connectivity index (χ1v) is 4.62. The fourth-order valence-electron chi connectivity index (χ4n) is 1.86. The highest BCUT2D eigenvalue weighted by atomic mass is 16.4. The van der Waals surface area contributed by atoms with Crippen molar-refractivity contribution in [1.29, 1.82) is 0 Å². The number of nitrogens with one attached hydrogen (secondary N) is 1. The second-order valence-corrected chi connectivity index (χ2v) is 3.74. The summed E-state index contributed by atoms with van der Waals surface area (Å²) in [6, 6.07) is 0.0774. The van der Waals surface area contributed by atoms with Gasteiger partial charge < -0.3 is 10.4 Å². The second-order valence-electron chi connectivity index (χ2n) is 3.74. The van der Waals surface area contributed by atoms with Crippen molar-refractivity contribution in [3.63, 3.8) is 0 Å². The Morgan fingerprint density at radius 2 is 2.25 bits per heavy atom. The molecule has 0 saturated carbocycles. The van der Waals surface area contributed by atoms with Gasteiger partial charge in [-0.3, -0.25) is 4.79 Å². The molecule has 3 atom stereocenters. The first kappa shape index (κ1) is 9.52. The third-order valence-corrected chi connectivity index (χ3v) is 2.55. The summed E-state index contributed by atoms with van der Waals surface area (Å²) < 4.78 is 0. The van der Waals surface area contributed by atoms with E-state index in [1.807, 2.05) is 0 Å². The maximum Gasteiger partial charge on any atom is 0.320 e. The van der Waals surface area contributed by atoms with Crippen LogP contribution in [0.15, 0.2) is 0 Å². The minimum absolute atomic E-state index is 0.321. The smallest absolute Gasteiger partial charge is 0.320 e. The molecule has 2 N–H and O–H groups in total. The molecule has 1 rings (SSSR count). The zero-order valence-electron chi connectivity index (χ0n) is 7.71. The van der Waals surface area contributed by atoms with Gasteiger partial charge in [-0.25, -0.2) is 0 Å². The number of carboxylic acid groups (broad SMARTS) is 1. The molecule has 0 bridgehead atoms. The average Bonchev–Trinajstić information content (AvgIpc) is 2.03. The zero-order valence-corrected chi connectivity index (χ0v) is 7.71. The van der Waals surface area contributed by atoms with Crippen molar-refractivity contribution in [3.05, 3.63) is 0 Å². The molecule has 0 aromatic heterocycles. The van der Waals surface area contributed by atoms with Gasteiger partial charge in [0.05, 0.1) is 0 Å². The highest BCUT2D eigenvalue weighted by Gasteiger charge is 2.28. The minimum atomic E-state index is -0.708. The van der Waals surface area contributed by atoms with Crippen molar-refractivity contribution in [2.45, 2.75) is 45.2 Å². The standard InChI is InChI=1S/C9H17NO2/c1-3-7-4-6(2)5-8(10-7)9(11)12/h6-8,10H,3-5H2,1-2H3,(H,11,12)/t6-,7-,8+/m1/s1. The Balaban J connectivity index is 2.51. The fraction of sp³-hybridized carbons (Fsp3) is 0.889. The summed E-state index contributed by atoms with van der Waals surface area (Å²) >= 11 is 0. The van der Waals surface area contributed by atoms with E-state index in [2.05, 4.69) is 19.2 Å². The van der Waals surface area contributed by atoms with Gasteiger partial charge in [0.25, 0.3) is 0 Å². The van der Waals surface area contributed by atoms with Crippen LogP contribution in [0.3, 0.4) is 0 Å². The van der Waals surface area contributed by atoms with Crippen LogP contribution in [0.2, 0.25) is 0 Å². The van der Waals surface area contributed by atoms with E-state index in [0.717, 1.165) is 19.3 Å². The molecule has 1 saturated heterocycles. The largest absolute Gasteiger partial charge is 0.480 e. The Hall–Kier alpha value is -0.570. The van der Waals surface area contributed by atoms with Crippen LogP contribution in [0, 0.1) is 5.92 Å². The lowest BCUT2D eigenvalue weighted by atomic mass is 9.88. The third-order valence-electron chi connectivity index (χ3n) is 2.55. The van der Waals surface area contributed by atoms with Crippen molar-refractivity contribution in [2.24, 2.45) is 5.92 Å². The Morgan fingerprint density at radius 1 is 1.58 bits per heavy atom. The highest BCUT2D eigenvalue weighted by molar-refractivity contribution is 5.73. The molecule has 1 aliphatic heterocycles. The maximum absolute atomic E-state index is 10.7. The molecule has 0 amide bonds. The number of carbonyl (C=O) groups is 1. The number of hydrogen-bond acceptors (Lipinski definition) is 2. The lowest BCUT2D eigenvalue weighted by Crippen LogP contribution is -2.48. The van der Waals surface area contributed by atoms with Gasteiger partial charge in [-0.05, 0) is 25.2 Å². The molecule has 0 unspecified atom stereocenters. The van der Waals surface area contributed by atoms with Crippen LogP contribution in [0.5, 0.6) is 0 Å². The molecule has 0 aliphatic carbocycles. The van der Waals surface area contributed by atoms with E-state index in [1.54, 1.807) is 0 Å². The monoisotopic (exact) mass is 171 g/mol. The van der Waals surface area contributed by atoms with Crippen LogP contribution in [-0.4, -0.2) is 23.2 Å². The Morgan fingerprint density at radius 3 is 2.75 bits per heavy atom. The number of piperidine rings is 1. The number of aliphatic carboxylic acids is 1. The normalized spacial score (nSPS) is 36.3. The van der Waals surface area contributed by atoms with Crippen LogP contribution >= 0.6 is 0 Å². The molecule has 0 radical (unpaired) electrons. The van der Waals surface area contributed by atoms with Crippen LogP contribution in [0.1, 0.15) is 33.1 Å². The number of carboxylic acids is 1. The molecule has 70 valence electrons. The maximum atomic E-state index is 10.7. The Labute approximate surface area is 73.2 Å². The lowest BCUT2D eigenvalue weighted by molar-refractivity contribution is -0.140. The predicted octanol–water partition coefficient (Wildman–Crippen LogP) is 1.24. The van der Waals surface area contributed by atoms with Crippen LogP contribution in [0.25, 0.3) is 0 Å². The molecule has 0 aromatic carbocycles. The van der Waals surface area contributed by atoms with Crippen LogP contribution in [-0.2, 0) is 4.79 Å². The van der Waals surface area contributed by atoms with E-state index in [-0.39, 0.29) is 6.04 Å². The van der Waals surface area contributed by atoms with Crippen molar-refractivity contribution in [1.82, 2.24) is 5.32 Å². The second kappa shape index (κ2) is 3.90. The van der Waals surface area contributed by atoms with Gasteiger partial charge in [0, 0.05) is 6.04 Å². The van der Waals surface area contributed by atoms with Crippen molar-refractivity contribution >= 4 is 5.97 Å². The summed E-state index contributed by atoms with van der Waals surface area (Å²) in [5.41, 5.74) is 0. The predicted molar refractivity (Wildman–Crippen MR) is 47.0 cm³/mol. The van der Waals surface area contributed by atoms with E-state index in [9.17, 15) is 4.79 Å².